The summed E-state index contributed by atoms with van der Waals surface area (Å²) in [7, 11) is 0. The molecule has 1 amide bonds. The molecular formula is C17H18N4O2S. The van der Waals surface area contributed by atoms with Crippen molar-refractivity contribution in [2.75, 3.05) is 6.61 Å². The maximum atomic E-state index is 12.2. The van der Waals surface area contributed by atoms with Crippen LogP contribution in [-0.2, 0) is 17.6 Å². The Morgan fingerprint density at radius 2 is 2.33 bits per heavy atom. The lowest BCUT2D eigenvalue weighted by atomic mass is 9.98. The number of nitrogens with one attached hydrogen (secondary N) is 1. The van der Waals surface area contributed by atoms with E-state index in [1.54, 1.807) is 18.3 Å². The molecule has 1 fully saturated rings. The van der Waals surface area contributed by atoms with Crippen LogP contribution in [0.5, 0.6) is 5.88 Å². The molecule has 1 N–H and O–H groups in total. The van der Waals surface area contributed by atoms with Gasteiger partial charge in [-0.2, -0.15) is 5.26 Å². The number of rotatable bonds is 5. The topological polar surface area (TPSA) is 87.9 Å². The van der Waals surface area contributed by atoms with E-state index in [0.717, 1.165) is 42.3 Å². The number of carbonyl (C=O) groups is 1. The zero-order chi connectivity index (χ0) is 16.7. The first-order valence-corrected chi connectivity index (χ1v) is 9.02. The summed E-state index contributed by atoms with van der Waals surface area (Å²) in [5, 5.41) is 13.1. The second-order valence-electron chi connectivity index (χ2n) is 6.64. The highest BCUT2D eigenvalue weighted by atomic mass is 32.1. The molecule has 2 aliphatic rings. The Hall–Kier alpha value is -2.20. The molecule has 2 aromatic rings. The fourth-order valence-corrected chi connectivity index (χ4v) is 4.57. The van der Waals surface area contributed by atoms with E-state index in [1.165, 1.54) is 16.8 Å². The van der Waals surface area contributed by atoms with E-state index in [9.17, 15) is 10.1 Å². The second kappa shape index (κ2) is 5.71. The highest BCUT2D eigenvalue weighted by Gasteiger charge is 2.43. The number of hydrogen-bond donors (Lipinski definition) is 1. The van der Waals surface area contributed by atoms with Crippen LogP contribution in [0.25, 0.3) is 10.2 Å². The van der Waals surface area contributed by atoms with Crippen molar-refractivity contribution >= 4 is 27.5 Å². The molecule has 7 heteroatoms. The van der Waals surface area contributed by atoms with Crippen molar-refractivity contribution in [3.8, 4) is 11.9 Å². The van der Waals surface area contributed by atoms with Crippen LogP contribution in [0.4, 0.5) is 0 Å². The van der Waals surface area contributed by atoms with Crippen LogP contribution in [0.3, 0.4) is 0 Å². The van der Waals surface area contributed by atoms with Gasteiger partial charge in [-0.3, -0.25) is 4.79 Å². The van der Waals surface area contributed by atoms with E-state index in [2.05, 4.69) is 21.4 Å². The van der Waals surface area contributed by atoms with Gasteiger partial charge in [0, 0.05) is 4.88 Å². The molecule has 1 saturated carbocycles. The molecule has 2 heterocycles. The zero-order valence-electron chi connectivity index (χ0n) is 13.5. The van der Waals surface area contributed by atoms with Crippen molar-refractivity contribution in [2.24, 2.45) is 5.92 Å². The molecule has 0 spiro atoms. The Balaban J connectivity index is 1.49. The van der Waals surface area contributed by atoms with Gasteiger partial charge >= 0.3 is 0 Å². The average Bonchev–Trinajstić information content (AvgIpc) is 3.24. The number of fused-ring (bicyclic) bond motifs is 3. The molecule has 0 bridgehead atoms. The predicted molar refractivity (Wildman–Crippen MR) is 89.8 cm³/mol. The number of nitriles is 1. The lowest BCUT2D eigenvalue weighted by molar-refractivity contribution is -0.124. The van der Waals surface area contributed by atoms with Gasteiger partial charge < -0.3 is 10.1 Å². The zero-order valence-corrected chi connectivity index (χ0v) is 14.3. The van der Waals surface area contributed by atoms with Gasteiger partial charge in [-0.05, 0) is 50.5 Å². The van der Waals surface area contributed by atoms with E-state index in [1.807, 2.05) is 0 Å². The first-order chi connectivity index (χ1) is 11.6. The van der Waals surface area contributed by atoms with Crippen LogP contribution in [0.1, 0.15) is 36.6 Å². The number of nitrogens with zero attached hydrogens (tertiary/aromatic N) is 3. The summed E-state index contributed by atoms with van der Waals surface area (Å²) in [5.74, 6) is 0.432. The Labute approximate surface area is 143 Å². The summed E-state index contributed by atoms with van der Waals surface area (Å²) < 4.78 is 5.69. The monoisotopic (exact) mass is 342 g/mol. The Kier molecular flexibility index (Phi) is 3.65. The van der Waals surface area contributed by atoms with Crippen molar-refractivity contribution < 1.29 is 9.53 Å². The van der Waals surface area contributed by atoms with E-state index in [0.29, 0.717) is 5.88 Å². The molecule has 0 unspecified atom stereocenters. The Bertz CT molecular complexity index is 852. The summed E-state index contributed by atoms with van der Waals surface area (Å²) in [6.07, 6.45) is 6.69. The Morgan fingerprint density at radius 3 is 3.08 bits per heavy atom. The maximum Gasteiger partial charge on any atom is 0.259 e. The minimum atomic E-state index is -0.801. The molecular weight excluding hydrogens is 324 g/mol. The number of thiophene rings is 1. The lowest BCUT2D eigenvalue weighted by Gasteiger charge is -2.22. The minimum absolute atomic E-state index is 0.138. The number of ether oxygens (including phenoxy) is 1. The molecule has 124 valence electrons. The van der Waals surface area contributed by atoms with E-state index < -0.39 is 5.54 Å². The lowest BCUT2D eigenvalue weighted by Crippen LogP contribution is -2.48. The standard InChI is InChI=1S/C17H18N4O2S/c1-17(8-18,10-5-6-10)21-13(22)7-23-15-14-11-3-2-4-12(11)24-16(14)20-9-19-15/h9-10H,2-7H2,1H3,(H,21,22)/t17-/m1/s1. The molecule has 0 aromatic carbocycles. The average molecular weight is 342 g/mol. The van der Waals surface area contributed by atoms with Crippen molar-refractivity contribution in [2.45, 2.75) is 44.6 Å². The number of hydrogen-bond acceptors (Lipinski definition) is 6. The SMILES string of the molecule is C[C@](C#N)(NC(=O)COc1ncnc2sc3c(c12)CCC3)C1CC1. The first-order valence-electron chi connectivity index (χ1n) is 8.21. The van der Waals surface area contributed by atoms with E-state index in [4.69, 9.17) is 4.74 Å². The Morgan fingerprint density at radius 1 is 1.50 bits per heavy atom. The van der Waals surface area contributed by atoms with Gasteiger partial charge in [0.1, 0.15) is 16.7 Å². The number of amides is 1. The van der Waals surface area contributed by atoms with Crippen molar-refractivity contribution in [3.05, 3.63) is 16.8 Å². The summed E-state index contributed by atoms with van der Waals surface area (Å²) in [5.41, 5.74) is 0.469. The van der Waals surface area contributed by atoms with Gasteiger partial charge in [0.2, 0.25) is 5.88 Å². The van der Waals surface area contributed by atoms with Crippen LogP contribution >= 0.6 is 11.3 Å². The third-order valence-corrected chi connectivity index (χ3v) is 6.03. The molecule has 4 rings (SSSR count). The summed E-state index contributed by atoms with van der Waals surface area (Å²) in [6, 6.07) is 2.22. The number of aryl methyl sites for hydroxylation is 2. The fourth-order valence-electron chi connectivity index (χ4n) is 3.35. The second-order valence-corrected chi connectivity index (χ2v) is 7.73. The van der Waals surface area contributed by atoms with Gasteiger partial charge in [-0.1, -0.05) is 0 Å². The van der Waals surface area contributed by atoms with Gasteiger partial charge in [0.25, 0.3) is 5.91 Å². The molecule has 0 saturated heterocycles. The van der Waals surface area contributed by atoms with E-state index >= 15 is 0 Å². The maximum absolute atomic E-state index is 12.2. The first kappa shape index (κ1) is 15.3. The van der Waals surface area contributed by atoms with Crippen LogP contribution in [-0.4, -0.2) is 28.0 Å². The highest BCUT2D eigenvalue weighted by Crippen LogP contribution is 2.40. The quantitative estimate of drug-likeness (QED) is 0.901. The van der Waals surface area contributed by atoms with Gasteiger partial charge in [-0.25, -0.2) is 9.97 Å². The van der Waals surface area contributed by atoms with Gasteiger partial charge in [0.05, 0.1) is 11.5 Å². The number of aromatic nitrogens is 2. The summed E-state index contributed by atoms with van der Waals surface area (Å²) >= 11 is 1.69. The molecule has 2 aromatic heterocycles. The van der Waals surface area contributed by atoms with Gasteiger partial charge in [-0.15, -0.1) is 11.3 Å². The van der Waals surface area contributed by atoms with Crippen molar-refractivity contribution in [1.82, 2.24) is 15.3 Å². The molecule has 0 aliphatic heterocycles. The minimum Gasteiger partial charge on any atom is -0.467 e. The third kappa shape index (κ3) is 2.61. The summed E-state index contributed by atoms with van der Waals surface area (Å²) in [4.78, 5) is 23.0. The normalized spacial score (nSPS) is 18.7. The van der Waals surface area contributed by atoms with Crippen LogP contribution in [0.2, 0.25) is 0 Å². The van der Waals surface area contributed by atoms with Crippen LogP contribution in [0.15, 0.2) is 6.33 Å². The van der Waals surface area contributed by atoms with Gasteiger partial charge in [0.15, 0.2) is 6.61 Å². The van der Waals surface area contributed by atoms with Crippen molar-refractivity contribution in [3.63, 3.8) is 0 Å². The largest absolute Gasteiger partial charge is 0.467 e. The molecule has 2 aliphatic carbocycles. The summed E-state index contributed by atoms with van der Waals surface area (Å²) in [6.45, 7) is 1.64. The molecule has 0 radical (unpaired) electrons. The molecule has 1 atom stereocenters. The van der Waals surface area contributed by atoms with E-state index in [-0.39, 0.29) is 18.4 Å². The third-order valence-electron chi connectivity index (χ3n) is 4.83. The predicted octanol–water partition coefficient (Wildman–Crippen LogP) is 2.37. The molecule has 6 nitrogen and oxygen atoms in total. The molecule has 24 heavy (non-hydrogen) atoms. The fraction of sp³-hybridized carbons (Fsp3) is 0.529. The highest BCUT2D eigenvalue weighted by molar-refractivity contribution is 7.18. The smallest absolute Gasteiger partial charge is 0.259 e. The van der Waals surface area contributed by atoms with Crippen LogP contribution < -0.4 is 10.1 Å². The van der Waals surface area contributed by atoms with Crippen LogP contribution in [0, 0.1) is 17.2 Å². The van der Waals surface area contributed by atoms with Crippen molar-refractivity contribution in [1.29, 1.82) is 5.26 Å². The number of carbonyl (C=O) groups excluding carboxylic acids is 1.